The molecule has 2 aromatic rings. The summed E-state index contributed by atoms with van der Waals surface area (Å²) >= 11 is 0. The summed E-state index contributed by atoms with van der Waals surface area (Å²) in [6.45, 7) is 11.1. The minimum Gasteiger partial charge on any atom is -0.493 e. The van der Waals surface area contributed by atoms with Crippen LogP contribution in [-0.2, 0) is 9.59 Å². The summed E-state index contributed by atoms with van der Waals surface area (Å²) in [5, 5.41) is 6.06. The van der Waals surface area contributed by atoms with E-state index >= 15 is 0 Å². The second kappa shape index (κ2) is 14.5. The number of hydrogen-bond donors (Lipinski definition) is 3. The molecule has 35 heavy (non-hydrogen) atoms. The van der Waals surface area contributed by atoms with Crippen LogP contribution >= 0.6 is 0 Å². The Kier molecular flexibility index (Phi) is 11.8. The number of hydrogen-bond acceptors (Lipinski definition) is 4. The second-order valence-electron chi connectivity index (χ2n) is 9.62. The highest BCUT2D eigenvalue weighted by Gasteiger charge is 2.24. The third-order valence-electron chi connectivity index (χ3n) is 6.65. The van der Waals surface area contributed by atoms with Gasteiger partial charge in [0, 0.05) is 6.54 Å². The molecule has 2 unspecified atom stereocenters. The third-order valence-corrected chi connectivity index (χ3v) is 6.65. The Bertz CT molecular complexity index is 901. The van der Waals surface area contributed by atoms with Crippen LogP contribution in [-0.4, -0.2) is 31.0 Å². The Morgan fingerprint density at radius 1 is 0.914 bits per heavy atom. The summed E-state index contributed by atoms with van der Waals surface area (Å²) < 4.78 is 5.93. The highest BCUT2D eigenvalue weighted by molar-refractivity contribution is 5.84. The van der Waals surface area contributed by atoms with Crippen molar-refractivity contribution in [2.75, 3.05) is 13.2 Å². The fraction of sp³-hybridized carbons (Fsp3) is 0.517. The molecule has 2 aromatic carbocycles. The number of ether oxygens (including phenoxy) is 1. The van der Waals surface area contributed by atoms with E-state index in [1.54, 1.807) is 0 Å². The number of carbonyl (C=O) groups is 2. The van der Waals surface area contributed by atoms with Crippen LogP contribution in [0, 0.1) is 11.8 Å². The molecular weight excluding hydrogens is 438 g/mol. The first kappa shape index (κ1) is 28.4. The molecule has 0 aliphatic carbocycles. The zero-order valence-corrected chi connectivity index (χ0v) is 21.9. The van der Waals surface area contributed by atoms with Crippen molar-refractivity contribution in [3.8, 4) is 5.75 Å². The van der Waals surface area contributed by atoms with Gasteiger partial charge in [0.1, 0.15) is 5.75 Å². The Morgan fingerprint density at radius 3 is 2.17 bits per heavy atom. The Balaban J connectivity index is 2.13. The molecular formula is C29H43N3O3. The molecule has 6 nitrogen and oxygen atoms in total. The van der Waals surface area contributed by atoms with E-state index in [0.717, 1.165) is 36.1 Å². The minimum absolute atomic E-state index is 0.0766. The van der Waals surface area contributed by atoms with E-state index in [1.807, 2.05) is 75.4 Å². The van der Waals surface area contributed by atoms with Crippen molar-refractivity contribution < 1.29 is 14.3 Å². The lowest BCUT2D eigenvalue weighted by Crippen LogP contribution is -2.47. The van der Waals surface area contributed by atoms with Crippen LogP contribution in [0.3, 0.4) is 0 Å². The van der Waals surface area contributed by atoms with Crippen LogP contribution < -0.4 is 21.1 Å². The molecule has 192 valence electrons. The van der Waals surface area contributed by atoms with Gasteiger partial charge in [-0.3, -0.25) is 9.59 Å². The number of carbonyl (C=O) groups excluding carboxylic acids is 2. The van der Waals surface area contributed by atoms with E-state index in [4.69, 9.17) is 10.5 Å². The van der Waals surface area contributed by atoms with E-state index in [9.17, 15) is 9.59 Å². The molecule has 0 radical (unpaired) electrons. The first-order valence-corrected chi connectivity index (χ1v) is 12.9. The maximum absolute atomic E-state index is 13.1. The molecule has 0 saturated carbocycles. The van der Waals surface area contributed by atoms with Gasteiger partial charge < -0.3 is 21.1 Å². The number of rotatable bonds is 14. The zero-order valence-electron chi connectivity index (χ0n) is 21.9. The molecule has 0 saturated heterocycles. The van der Waals surface area contributed by atoms with Gasteiger partial charge in [-0.15, -0.1) is 0 Å². The van der Waals surface area contributed by atoms with Crippen molar-refractivity contribution in [2.45, 2.75) is 71.9 Å². The molecule has 0 heterocycles. The predicted octanol–water partition coefficient (Wildman–Crippen LogP) is 4.95. The topological polar surface area (TPSA) is 93.4 Å². The number of benzene rings is 2. The Labute approximate surface area is 211 Å². The Morgan fingerprint density at radius 2 is 1.57 bits per heavy atom. The van der Waals surface area contributed by atoms with Crippen LogP contribution in [0.15, 0.2) is 54.6 Å². The number of nitrogens with one attached hydrogen (secondary N) is 2. The molecule has 0 fully saturated rings. The highest BCUT2D eigenvalue weighted by atomic mass is 16.5. The van der Waals surface area contributed by atoms with Crippen molar-refractivity contribution in [1.82, 2.24) is 10.6 Å². The average molecular weight is 482 g/mol. The van der Waals surface area contributed by atoms with Crippen molar-refractivity contribution in [3.05, 3.63) is 65.7 Å². The number of amides is 2. The summed E-state index contributed by atoms with van der Waals surface area (Å²) in [6, 6.07) is 16.4. The summed E-state index contributed by atoms with van der Waals surface area (Å²) in [5.41, 5.74) is 7.94. The molecule has 2 rings (SSSR count). The summed E-state index contributed by atoms with van der Waals surface area (Å²) in [6.07, 6.45) is 3.09. The average Bonchev–Trinajstić information content (AvgIpc) is 2.89. The lowest BCUT2D eigenvalue weighted by molar-refractivity contribution is -0.125. The van der Waals surface area contributed by atoms with Crippen LogP contribution in [0.25, 0.3) is 0 Å². The first-order chi connectivity index (χ1) is 16.8. The number of nitrogens with two attached hydrogens (primary N) is 1. The summed E-state index contributed by atoms with van der Waals surface area (Å²) in [7, 11) is 0. The molecule has 0 aliphatic rings. The van der Waals surface area contributed by atoms with E-state index in [-0.39, 0.29) is 30.2 Å². The van der Waals surface area contributed by atoms with E-state index < -0.39 is 12.1 Å². The van der Waals surface area contributed by atoms with Crippen LogP contribution in [0.2, 0.25) is 0 Å². The van der Waals surface area contributed by atoms with Crippen molar-refractivity contribution in [1.29, 1.82) is 0 Å². The van der Waals surface area contributed by atoms with Gasteiger partial charge >= 0.3 is 0 Å². The van der Waals surface area contributed by atoms with Gasteiger partial charge in [-0.25, -0.2) is 0 Å². The van der Waals surface area contributed by atoms with E-state index in [0.29, 0.717) is 12.5 Å². The van der Waals surface area contributed by atoms with E-state index in [1.165, 1.54) is 0 Å². The third kappa shape index (κ3) is 9.02. The molecule has 2 amide bonds. The van der Waals surface area contributed by atoms with Gasteiger partial charge in [0.2, 0.25) is 11.8 Å². The SMILES string of the molecule is CCCC(C)COc1ccc([C@H](CNC(=O)[C@H](N)[C@@H](C)CC)NC(=O)C(C)c2ccccc2)cc1. The smallest absolute Gasteiger partial charge is 0.237 e. The Hall–Kier alpha value is -2.86. The van der Waals surface area contributed by atoms with Crippen LogP contribution in [0.5, 0.6) is 5.75 Å². The monoisotopic (exact) mass is 481 g/mol. The van der Waals surface area contributed by atoms with Gasteiger partial charge in [-0.2, -0.15) is 0 Å². The molecule has 0 spiro atoms. The highest BCUT2D eigenvalue weighted by Crippen LogP contribution is 2.21. The standard InChI is InChI=1S/C29H43N3O3/c1-6-11-20(3)19-35-25-16-14-24(15-17-25)26(18-31-29(34)27(30)21(4)7-2)32-28(33)22(5)23-12-9-8-10-13-23/h8-10,12-17,20-22,26-27H,6-7,11,18-19,30H2,1-5H3,(H,31,34)(H,32,33)/t20?,21-,22?,26-,27+/m0/s1. The van der Waals surface area contributed by atoms with Crippen molar-refractivity contribution in [3.63, 3.8) is 0 Å². The fourth-order valence-corrected chi connectivity index (χ4v) is 3.89. The molecule has 5 atom stereocenters. The van der Waals surface area contributed by atoms with Gasteiger partial charge in [0.15, 0.2) is 0 Å². The van der Waals surface area contributed by atoms with Crippen LogP contribution in [0.1, 0.15) is 77.0 Å². The maximum atomic E-state index is 13.1. The van der Waals surface area contributed by atoms with Crippen molar-refractivity contribution >= 4 is 11.8 Å². The quantitative estimate of drug-likeness (QED) is 0.356. The van der Waals surface area contributed by atoms with E-state index in [2.05, 4.69) is 24.5 Å². The van der Waals surface area contributed by atoms with Gasteiger partial charge in [-0.1, -0.05) is 83.0 Å². The molecule has 6 heteroatoms. The lowest BCUT2D eigenvalue weighted by Gasteiger charge is -2.24. The van der Waals surface area contributed by atoms with Crippen LogP contribution in [0.4, 0.5) is 0 Å². The maximum Gasteiger partial charge on any atom is 0.237 e. The largest absolute Gasteiger partial charge is 0.493 e. The molecule has 4 N–H and O–H groups in total. The molecule has 0 aliphatic heterocycles. The van der Waals surface area contributed by atoms with Crippen molar-refractivity contribution in [2.24, 2.45) is 17.6 Å². The predicted molar refractivity (Wildman–Crippen MR) is 142 cm³/mol. The van der Waals surface area contributed by atoms with Gasteiger partial charge in [0.05, 0.1) is 24.6 Å². The van der Waals surface area contributed by atoms with Gasteiger partial charge in [0.25, 0.3) is 0 Å². The molecule has 0 bridgehead atoms. The fourth-order valence-electron chi connectivity index (χ4n) is 3.89. The molecule has 0 aromatic heterocycles. The summed E-state index contributed by atoms with van der Waals surface area (Å²) in [4.78, 5) is 25.7. The zero-order chi connectivity index (χ0) is 25.8. The summed E-state index contributed by atoms with van der Waals surface area (Å²) in [5.74, 6) is 0.737. The normalized spacial score (nSPS) is 15.4. The minimum atomic E-state index is -0.583. The lowest BCUT2D eigenvalue weighted by atomic mass is 9.98. The first-order valence-electron chi connectivity index (χ1n) is 12.9. The van der Waals surface area contributed by atoms with Gasteiger partial charge in [-0.05, 0) is 48.4 Å². The second-order valence-corrected chi connectivity index (χ2v) is 9.62.